The highest BCUT2D eigenvalue weighted by atomic mass is 32.2. The fourth-order valence-electron chi connectivity index (χ4n) is 6.16. The summed E-state index contributed by atoms with van der Waals surface area (Å²) in [4.78, 5) is 65.9. The van der Waals surface area contributed by atoms with Gasteiger partial charge in [0.1, 0.15) is 5.70 Å². The molecule has 3 fully saturated rings. The van der Waals surface area contributed by atoms with Gasteiger partial charge in [-0.15, -0.1) is 11.8 Å². The average molecular weight is 566 g/mol. The third kappa shape index (κ3) is 5.93. The van der Waals surface area contributed by atoms with Crippen molar-refractivity contribution in [2.75, 3.05) is 39.8 Å². The summed E-state index contributed by atoms with van der Waals surface area (Å²) < 4.78 is 0. The third-order valence-corrected chi connectivity index (χ3v) is 9.61. The predicted octanol–water partition coefficient (Wildman–Crippen LogP) is -1.99. The van der Waals surface area contributed by atoms with E-state index in [1.807, 2.05) is 11.8 Å². The molecule has 4 rings (SSSR count). The smallest absolute Gasteiger partial charge is 0.353 e. The zero-order chi connectivity index (χ0) is 28.4. The van der Waals surface area contributed by atoms with Crippen LogP contribution in [0.25, 0.3) is 0 Å². The Hall–Kier alpha value is -2.68. The van der Waals surface area contributed by atoms with Gasteiger partial charge in [0.25, 0.3) is 0 Å². The monoisotopic (exact) mass is 565 g/mol. The normalized spacial score (nSPS) is 29.6. The molecule has 0 saturated carbocycles. The van der Waals surface area contributed by atoms with Crippen LogP contribution in [-0.2, 0) is 24.0 Å². The van der Waals surface area contributed by atoms with E-state index >= 15 is 0 Å². The first-order valence-corrected chi connectivity index (χ1v) is 14.4. The minimum Gasteiger partial charge on any atom is -0.477 e. The van der Waals surface area contributed by atoms with Gasteiger partial charge >= 0.3 is 5.97 Å². The number of rotatable bonds is 10. The van der Waals surface area contributed by atoms with Crippen LogP contribution in [0.2, 0.25) is 0 Å². The number of piperidine rings is 1. The van der Waals surface area contributed by atoms with Crippen LogP contribution in [0.1, 0.15) is 33.1 Å². The van der Waals surface area contributed by atoms with E-state index < -0.39 is 17.9 Å². The van der Waals surface area contributed by atoms with Gasteiger partial charge in [-0.25, -0.2) is 4.79 Å². The van der Waals surface area contributed by atoms with Gasteiger partial charge in [0, 0.05) is 47.8 Å². The molecule has 0 aromatic rings. The van der Waals surface area contributed by atoms with Crippen molar-refractivity contribution < 1.29 is 29.1 Å². The first-order chi connectivity index (χ1) is 18.6. The Morgan fingerprint density at radius 2 is 1.90 bits per heavy atom. The molecule has 0 aromatic carbocycles. The summed E-state index contributed by atoms with van der Waals surface area (Å²) in [6.45, 7) is 5.44. The summed E-state index contributed by atoms with van der Waals surface area (Å²) in [5.41, 5.74) is 5.38. The molecule has 0 bridgehead atoms. The number of nitrogens with zero attached hydrogens (tertiary/aromatic N) is 2. The molecule has 6 atom stereocenters. The van der Waals surface area contributed by atoms with Gasteiger partial charge in [0.2, 0.25) is 23.6 Å². The zero-order valence-corrected chi connectivity index (χ0v) is 23.4. The molecule has 4 aliphatic heterocycles. The number of hydrogen-bond acceptors (Lipinski definition) is 9. The highest BCUT2D eigenvalue weighted by Gasteiger charge is 2.60. The topological polar surface area (TPSA) is 186 Å². The largest absolute Gasteiger partial charge is 0.477 e. The molecule has 0 aromatic heterocycles. The number of fused-ring (bicyclic) bond motifs is 1. The molecule has 4 heterocycles. The van der Waals surface area contributed by atoms with Crippen molar-refractivity contribution in [3.63, 3.8) is 0 Å². The van der Waals surface area contributed by atoms with E-state index in [4.69, 9.17) is 5.73 Å². The Bertz CT molecular complexity index is 1050. The highest BCUT2D eigenvalue weighted by molar-refractivity contribution is 8.03. The number of nitrogens with two attached hydrogens (primary N) is 1. The van der Waals surface area contributed by atoms with Crippen LogP contribution in [0.5, 0.6) is 0 Å². The number of thioether (sulfide) groups is 1. The molecule has 4 amide bonds. The molecule has 0 aliphatic carbocycles. The van der Waals surface area contributed by atoms with Gasteiger partial charge in [0.05, 0.1) is 31.1 Å². The number of carboxylic acid groups (broad SMARTS) is 1. The maximum Gasteiger partial charge on any atom is 0.353 e. The predicted molar refractivity (Wildman–Crippen MR) is 144 cm³/mol. The second-order valence-corrected chi connectivity index (χ2v) is 12.1. The molecule has 39 heavy (non-hydrogen) atoms. The van der Waals surface area contributed by atoms with Crippen molar-refractivity contribution in [1.29, 1.82) is 0 Å². The summed E-state index contributed by atoms with van der Waals surface area (Å²) in [7, 11) is 1.66. The number of hydrogen-bond donors (Lipinski definition) is 6. The van der Waals surface area contributed by atoms with Gasteiger partial charge in [0.15, 0.2) is 0 Å². The quantitative estimate of drug-likeness (QED) is 0.162. The molecule has 14 heteroatoms. The lowest BCUT2D eigenvalue weighted by Crippen LogP contribution is -2.66. The summed E-state index contributed by atoms with van der Waals surface area (Å²) in [6, 6.07) is -1.10. The third-order valence-electron chi connectivity index (χ3n) is 8.10. The Kier molecular flexibility index (Phi) is 9.19. The lowest BCUT2D eigenvalue weighted by Gasteiger charge is -2.47. The number of β-lactam (4-membered cyclic amide) rings is 1. The summed E-state index contributed by atoms with van der Waals surface area (Å²) in [5.74, 6) is -2.54. The Labute approximate surface area is 232 Å². The summed E-state index contributed by atoms with van der Waals surface area (Å²) in [6.07, 6.45) is 1.90. The molecule has 4 aliphatic rings. The molecule has 216 valence electrons. The number of likely N-dealkylation sites (N-methyl/N-ethyl adjacent to an activating group) is 1. The van der Waals surface area contributed by atoms with Crippen LogP contribution in [0, 0.1) is 11.8 Å². The van der Waals surface area contributed by atoms with E-state index in [0.717, 1.165) is 0 Å². The zero-order valence-electron chi connectivity index (χ0n) is 22.6. The molecule has 3 saturated heterocycles. The minimum atomic E-state index is -1.14. The van der Waals surface area contributed by atoms with Crippen molar-refractivity contribution in [2.24, 2.45) is 17.6 Å². The molecule has 0 radical (unpaired) electrons. The van der Waals surface area contributed by atoms with E-state index in [9.17, 15) is 29.1 Å². The SMILES string of the molecule is CNCC(=O)NC(C)[C@H]1C(=O)N2C(C(=O)O)=C(S[C@@H]3CN[C@H](C(=O)N4CCC(NC(=O)CN)CC4)C3)[C@H](C)[C@H]12. The van der Waals surface area contributed by atoms with Crippen molar-refractivity contribution in [3.8, 4) is 0 Å². The first kappa shape index (κ1) is 29.3. The fourth-order valence-corrected chi connectivity index (χ4v) is 7.64. The number of likely N-dealkylation sites (tertiary alicyclic amines) is 1. The Morgan fingerprint density at radius 1 is 1.21 bits per heavy atom. The maximum absolute atomic E-state index is 13.2. The van der Waals surface area contributed by atoms with Crippen LogP contribution < -0.4 is 27.0 Å². The van der Waals surface area contributed by atoms with E-state index in [2.05, 4.69) is 21.3 Å². The van der Waals surface area contributed by atoms with E-state index in [0.29, 0.717) is 43.8 Å². The number of amides is 4. The number of carbonyl (C=O) groups excluding carboxylic acids is 4. The van der Waals surface area contributed by atoms with Crippen LogP contribution in [0.3, 0.4) is 0 Å². The Balaban J connectivity index is 1.35. The molecular formula is C25H39N7O6S. The van der Waals surface area contributed by atoms with Crippen molar-refractivity contribution >= 4 is 41.4 Å². The lowest BCUT2D eigenvalue weighted by molar-refractivity contribution is -0.158. The first-order valence-electron chi connectivity index (χ1n) is 13.5. The van der Waals surface area contributed by atoms with Crippen LogP contribution >= 0.6 is 11.8 Å². The van der Waals surface area contributed by atoms with Crippen molar-refractivity contribution in [2.45, 2.75) is 62.5 Å². The van der Waals surface area contributed by atoms with Crippen molar-refractivity contribution in [1.82, 2.24) is 31.1 Å². The maximum atomic E-state index is 13.2. The molecule has 13 nitrogen and oxygen atoms in total. The van der Waals surface area contributed by atoms with Gasteiger partial charge in [-0.2, -0.15) is 0 Å². The number of nitrogens with one attached hydrogen (secondary N) is 4. The van der Waals surface area contributed by atoms with Gasteiger partial charge < -0.3 is 41.9 Å². The van der Waals surface area contributed by atoms with Crippen LogP contribution in [0.4, 0.5) is 0 Å². The fraction of sp³-hybridized carbons (Fsp3) is 0.720. The lowest BCUT2D eigenvalue weighted by atomic mass is 9.78. The number of carbonyl (C=O) groups is 5. The van der Waals surface area contributed by atoms with Crippen LogP contribution in [0.15, 0.2) is 10.6 Å². The number of aliphatic carboxylic acids is 1. The highest BCUT2D eigenvalue weighted by Crippen LogP contribution is 2.51. The molecule has 1 unspecified atom stereocenters. The van der Waals surface area contributed by atoms with E-state index in [1.165, 1.54) is 16.7 Å². The average Bonchev–Trinajstić information content (AvgIpc) is 3.45. The van der Waals surface area contributed by atoms with Gasteiger partial charge in [-0.05, 0) is 33.2 Å². The van der Waals surface area contributed by atoms with Crippen LogP contribution in [-0.4, -0.2) is 114 Å². The molecular weight excluding hydrogens is 526 g/mol. The van der Waals surface area contributed by atoms with Crippen molar-refractivity contribution in [3.05, 3.63) is 10.6 Å². The number of carboxylic acids is 1. The second kappa shape index (κ2) is 12.2. The second-order valence-electron chi connectivity index (χ2n) is 10.7. The van der Waals surface area contributed by atoms with Gasteiger partial charge in [-0.3, -0.25) is 19.2 Å². The molecule has 7 N–H and O–H groups in total. The van der Waals surface area contributed by atoms with E-state index in [1.54, 1.807) is 14.0 Å². The summed E-state index contributed by atoms with van der Waals surface area (Å²) in [5, 5.41) is 21.8. The molecule has 0 spiro atoms. The standard InChI is InChI=1S/C25H39N7O6S/c1-12-20-19(13(2)29-18(34)11-27-3)24(36)32(20)21(25(37)38)22(12)39-15-8-16(28-10-15)23(35)31-6-4-14(5-7-31)30-17(33)9-26/h12-16,19-20,27-28H,4-11,26H2,1-3H3,(H,29,34)(H,30,33)(H,37,38)/t12-,13?,15+,16+,19-,20-/m1/s1. The summed E-state index contributed by atoms with van der Waals surface area (Å²) >= 11 is 1.44. The van der Waals surface area contributed by atoms with Gasteiger partial charge in [-0.1, -0.05) is 6.92 Å². The van der Waals surface area contributed by atoms with E-state index in [-0.39, 0.29) is 71.7 Å². The minimum absolute atomic E-state index is 0.0128. The Morgan fingerprint density at radius 3 is 2.51 bits per heavy atom.